The molecule has 0 aliphatic heterocycles. The maximum atomic E-state index is 10.5. The minimum atomic E-state index is -0.679. The van der Waals surface area contributed by atoms with E-state index in [1.54, 1.807) is 19.5 Å². The van der Waals surface area contributed by atoms with Gasteiger partial charge in [0.15, 0.2) is 5.82 Å². The zero-order chi connectivity index (χ0) is 18.5. The molecule has 0 radical (unpaired) electrons. The number of hydrogen-bond acceptors (Lipinski definition) is 6. The molecule has 0 amide bonds. The van der Waals surface area contributed by atoms with Gasteiger partial charge in [0.05, 0.1) is 13.2 Å². The number of benzene rings is 1. The zero-order valence-corrected chi connectivity index (χ0v) is 15.1. The van der Waals surface area contributed by atoms with Gasteiger partial charge in [0.2, 0.25) is 0 Å². The van der Waals surface area contributed by atoms with Crippen LogP contribution in [0.25, 0.3) is 11.4 Å². The van der Waals surface area contributed by atoms with E-state index in [1.807, 2.05) is 50.2 Å². The lowest BCUT2D eigenvalue weighted by molar-refractivity contribution is 0.191. The molecular formula is C20H22N4O2. The Balaban J connectivity index is 1.80. The van der Waals surface area contributed by atoms with Gasteiger partial charge in [-0.1, -0.05) is 12.1 Å². The van der Waals surface area contributed by atoms with Gasteiger partial charge >= 0.3 is 0 Å². The van der Waals surface area contributed by atoms with Gasteiger partial charge in [-0.25, -0.2) is 9.97 Å². The SMILES string of the molecule is COc1cccc(C(O)CNc2nc(-c3cccnc3)nc(C)c2C)c1. The minimum absolute atomic E-state index is 0.330. The van der Waals surface area contributed by atoms with Crippen molar-refractivity contribution in [2.75, 3.05) is 19.0 Å². The van der Waals surface area contributed by atoms with Crippen molar-refractivity contribution in [2.24, 2.45) is 0 Å². The van der Waals surface area contributed by atoms with Crippen molar-refractivity contribution >= 4 is 5.82 Å². The maximum Gasteiger partial charge on any atom is 0.163 e. The number of aliphatic hydroxyl groups excluding tert-OH is 1. The van der Waals surface area contributed by atoms with E-state index in [9.17, 15) is 5.11 Å². The number of methoxy groups -OCH3 is 1. The molecule has 1 aromatic carbocycles. The molecule has 2 heterocycles. The largest absolute Gasteiger partial charge is 0.497 e. The summed E-state index contributed by atoms with van der Waals surface area (Å²) in [6.07, 6.45) is 2.77. The number of hydrogen-bond donors (Lipinski definition) is 2. The highest BCUT2D eigenvalue weighted by Crippen LogP contribution is 2.23. The van der Waals surface area contributed by atoms with E-state index in [0.29, 0.717) is 18.2 Å². The van der Waals surface area contributed by atoms with Crippen LogP contribution in [0.4, 0.5) is 5.82 Å². The Morgan fingerprint density at radius 1 is 1.15 bits per heavy atom. The van der Waals surface area contributed by atoms with E-state index in [0.717, 1.165) is 28.1 Å². The van der Waals surface area contributed by atoms with Crippen LogP contribution in [-0.4, -0.2) is 33.7 Å². The van der Waals surface area contributed by atoms with Gasteiger partial charge < -0.3 is 15.2 Å². The molecule has 0 spiro atoms. The molecule has 3 rings (SSSR count). The van der Waals surface area contributed by atoms with Crippen LogP contribution in [0.1, 0.15) is 22.9 Å². The van der Waals surface area contributed by atoms with E-state index in [1.165, 1.54) is 0 Å². The molecule has 1 unspecified atom stereocenters. The van der Waals surface area contributed by atoms with Crippen LogP contribution in [0.3, 0.4) is 0 Å². The summed E-state index contributed by atoms with van der Waals surface area (Å²) in [5, 5.41) is 13.7. The normalized spacial score (nSPS) is 11.8. The number of aliphatic hydroxyl groups is 1. The van der Waals surface area contributed by atoms with Gasteiger partial charge in [-0.15, -0.1) is 0 Å². The highest BCUT2D eigenvalue weighted by molar-refractivity contribution is 5.58. The van der Waals surface area contributed by atoms with Crippen molar-refractivity contribution in [2.45, 2.75) is 20.0 Å². The predicted molar refractivity (Wildman–Crippen MR) is 101 cm³/mol. The van der Waals surface area contributed by atoms with Crippen molar-refractivity contribution in [1.82, 2.24) is 15.0 Å². The lowest BCUT2D eigenvalue weighted by Crippen LogP contribution is -2.15. The van der Waals surface area contributed by atoms with Crippen LogP contribution in [0.2, 0.25) is 0 Å². The molecule has 2 aromatic heterocycles. The molecule has 3 aromatic rings. The Hall–Kier alpha value is -2.99. The average Bonchev–Trinajstić information content (AvgIpc) is 2.69. The molecule has 26 heavy (non-hydrogen) atoms. The first-order valence-corrected chi connectivity index (χ1v) is 8.40. The van der Waals surface area contributed by atoms with Crippen LogP contribution in [0.15, 0.2) is 48.8 Å². The van der Waals surface area contributed by atoms with Crippen molar-refractivity contribution in [3.05, 3.63) is 65.6 Å². The Kier molecular flexibility index (Phi) is 5.43. The number of aromatic nitrogens is 3. The number of ether oxygens (including phenoxy) is 1. The number of nitrogens with zero attached hydrogens (tertiary/aromatic N) is 3. The number of aryl methyl sites for hydroxylation is 1. The summed E-state index contributed by atoms with van der Waals surface area (Å²) in [5.74, 6) is 2.03. The summed E-state index contributed by atoms with van der Waals surface area (Å²) in [6, 6.07) is 11.2. The fraction of sp³-hybridized carbons (Fsp3) is 0.250. The van der Waals surface area contributed by atoms with E-state index < -0.39 is 6.10 Å². The van der Waals surface area contributed by atoms with Gasteiger partial charge in [-0.05, 0) is 43.7 Å². The number of anilines is 1. The van der Waals surface area contributed by atoms with Crippen molar-refractivity contribution in [3.8, 4) is 17.1 Å². The maximum absolute atomic E-state index is 10.5. The zero-order valence-electron chi connectivity index (χ0n) is 15.1. The van der Waals surface area contributed by atoms with Gasteiger partial charge in [-0.2, -0.15) is 0 Å². The van der Waals surface area contributed by atoms with E-state index in [2.05, 4.69) is 20.3 Å². The van der Waals surface area contributed by atoms with Crippen LogP contribution in [-0.2, 0) is 0 Å². The summed E-state index contributed by atoms with van der Waals surface area (Å²) >= 11 is 0. The Morgan fingerprint density at radius 2 is 2.00 bits per heavy atom. The molecule has 0 saturated heterocycles. The fourth-order valence-electron chi connectivity index (χ4n) is 2.59. The second-order valence-corrected chi connectivity index (χ2v) is 6.02. The third-order valence-electron chi connectivity index (χ3n) is 4.25. The Morgan fingerprint density at radius 3 is 2.73 bits per heavy atom. The van der Waals surface area contributed by atoms with E-state index in [4.69, 9.17) is 4.74 Å². The third-order valence-corrected chi connectivity index (χ3v) is 4.25. The van der Waals surface area contributed by atoms with E-state index >= 15 is 0 Å². The summed E-state index contributed by atoms with van der Waals surface area (Å²) in [4.78, 5) is 13.3. The molecule has 0 aliphatic carbocycles. The molecule has 6 heteroatoms. The topological polar surface area (TPSA) is 80.2 Å². The molecule has 6 nitrogen and oxygen atoms in total. The van der Waals surface area contributed by atoms with Gasteiger partial charge in [-0.3, -0.25) is 4.98 Å². The van der Waals surface area contributed by atoms with Crippen LogP contribution in [0.5, 0.6) is 5.75 Å². The number of rotatable bonds is 6. The van der Waals surface area contributed by atoms with E-state index in [-0.39, 0.29) is 0 Å². The second-order valence-electron chi connectivity index (χ2n) is 6.02. The summed E-state index contributed by atoms with van der Waals surface area (Å²) < 4.78 is 5.21. The molecule has 0 aliphatic rings. The standard InChI is InChI=1S/C20H22N4O2/c1-13-14(2)23-20(16-7-5-9-21-11-16)24-19(13)22-12-18(25)15-6-4-8-17(10-15)26-3/h4-11,18,25H,12H2,1-3H3,(H,22,23,24). The molecule has 0 saturated carbocycles. The molecular weight excluding hydrogens is 328 g/mol. The molecule has 2 N–H and O–H groups in total. The first-order chi connectivity index (χ1) is 12.6. The van der Waals surface area contributed by atoms with Crippen molar-refractivity contribution in [1.29, 1.82) is 0 Å². The first kappa shape index (κ1) is 17.8. The lowest BCUT2D eigenvalue weighted by atomic mass is 10.1. The summed E-state index contributed by atoms with van der Waals surface area (Å²) in [7, 11) is 1.61. The predicted octanol–water partition coefficient (Wildman–Crippen LogP) is 3.31. The van der Waals surface area contributed by atoms with Crippen molar-refractivity contribution < 1.29 is 9.84 Å². The molecule has 134 valence electrons. The smallest absolute Gasteiger partial charge is 0.163 e. The number of pyridine rings is 1. The average molecular weight is 350 g/mol. The molecule has 0 bridgehead atoms. The Labute approximate surface area is 152 Å². The highest BCUT2D eigenvalue weighted by atomic mass is 16.5. The quantitative estimate of drug-likeness (QED) is 0.710. The lowest BCUT2D eigenvalue weighted by Gasteiger charge is -2.16. The molecule has 0 fully saturated rings. The number of nitrogens with one attached hydrogen (secondary N) is 1. The van der Waals surface area contributed by atoms with Crippen molar-refractivity contribution in [3.63, 3.8) is 0 Å². The third kappa shape index (κ3) is 3.97. The first-order valence-electron chi connectivity index (χ1n) is 8.40. The Bertz CT molecular complexity index is 884. The second kappa shape index (κ2) is 7.93. The van der Waals surface area contributed by atoms with Crippen LogP contribution < -0.4 is 10.1 Å². The van der Waals surface area contributed by atoms with Gasteiger partial charge in [0, 0.05) is 35.8 Å². The van der Waals surface area contributed by atoms with Gasteiger partial charge in [0.1, 0.15) is 11.6 Å². The summed E-state index contributed by atoms with van der Waals surface area (Å²) in [6.45, 7) is 4.24. The van der Waals surface area contributed by atoms with Crippen LogP contribution >= 0.6 is 0 Å². The summed E-state index contributed by atoms with van der Waals surface area (Å²) in [5.41, 5.74) is 3.48. The fourth-order valence-corrected chi connectivity index (χ4v) is 2.59. The van der Waals surface area contributed by atoms with Gasteiger partial charge in [0.25, 0.3) is 0 Å². The monoisotopic (exact) mass is 350 g/mol. The molecule has 1 atom stereocenters. The highest BCUT2D eigenvalue weighted by Gasteiger charge is 2.13. The minimum Gasteiger partial charge on any atom is -0.497 e. The van der Waals surface area contributed by atoms with Crippen LogP contribution in [0, 0.1) is 13.8 Å².